The van der Waals surface area contributed by atoms with E-state index in [9.17, 15) is 4.79 Å². The highest BCUT2D eigenvalue weighted by molar-refractivity contribution is 5.84. The van der Waals surface area contributed by atoms with Gasteiger partial charge in [-0.05, 0) is 38.4 Å². The van der Waals surface area contributed by atoms with Gasteiger partial charge in [0.1, 0.15) is 11.3 Å². The largest absolute Gasteiger partial charge is 0.461 e. The molecule has 2 heterocycles. The number of hydrogen-bond donors (Lipinski definition) is 1. The summed E-state index contributed by atoms with van der Waals surface area (Å²) in [6, 6.07) is 8.16. The van der Waals surface area contributed by atoms with Crippen LogP contribution in [0.2, 0.25) is 0 Å². The number of benzene rings is 1. The van der Waals surface area contributed by atoms with Gasteiger partial charge in [0, 0.05) is 36.9 Å². The van der Waals surface area contributed by atoms with Crippen molar-refractivity contribution in [1.82, 2.24) is 10.2 Å². The summed E-state index contributed by atoms with van der Waals surface area (Å²) in [4.78, 5) is 14.6. The number of para-hydroxylation sites is 1. The molecule has 1 aromatic heterocycles. The van der Waals surface area contributed by atoms with Gasteiger partial charge in [-0.2, -0.15) is 0 Å². The number of rotatable bonds is 6. The molecule has 0 spiro atoms. The van der Waals surface area contributed by atoms with Crippen molar-refractivity contribution >= 4 is 16.9 Å². The number of hydrogen-bond acceptors (Lipinski definition) is 3. The zero-order chi connectivity index (χ0) is 16.9. The zero-order valence-electron chi connectivity index (χ0n) is 14.8. The maximum absolute atomic E-state index is 12.8. The Balaban J connectivity index is 1.80. The average molecular weight is 328 g/mol. The Morgan fingerprint density at radius 2 is 2.04 bits per heavy atom. The van der Waals surface area contributed by atoms with Gasteiger partial charge in [-0.25, -0.2) is 0 Å². The lowest BCUT2D eigenvalue weighted by atomic mass is 9.96. The Morgan fingerprint density at radius 1 is 1.29 bits per heavy atom. The molecule has 0 bridgehead atoms. The standard InChI is InChI=1S/C20H28N2O2/c1-3-4-8-19-17(16-7-5-6-9-18(16)24-19)14-22(2)20(23)15-10-12-21-13-11-15/h5-7,9,15,21H,3-4,8,10-14H2,1-2H3. The lowest BCUT2D eigenvalue weighted by Gasteiger charge is -2.27. The van der Waals surface area contributed by atoms with Crippen LogP contribution in [0.25, 0.3) is 11.0 Å². The maximum Gasteiger partial charge on any atom is 0.225 e. The quantitative estimate of drug-likeness (QED) is 0.879. The minimum atomic E-state index is 0.161. The molecule has 0 atom stereocenters. The molecule has 1 saturated heterocycles. The van der Waals surface area contributed by atoms with E-state index in [-0.39, 0.29) is 11.8 Å². The second-order valence-electron chi connectivity index (χ2n) is 6.82. The van der Waals surface area contributed by atoms with Crippen LogP contribution in [0.1, 0.15) is 43.9 Å². The highest BCUT2D eigenvalue weighted by Gasteiger charge is 2.25. The van der Waals surface area contributed by atoms with E-state index in [1.807, 2.05) is 30.1 Å². The molecule has 130 valence electrons. The molecular formula is C20H28N2O2. The monoisotopic (exact) mass is 328 g/mol. The van der Waals surface area contributed by atoms with Crippen LogP contribution in [0.3, 0.4) is 0 Å². The molecule has 3 rings (SSSR count). The van der Waals surface area contributed by atoms with E-state index >= 15 is 0 Å². The van der Waals surface area contributed by atoms with E-state index in [0.717, 1.165) is 61.9 Å². The minimum absolute atomic E-state index is 0.161. The first-order chi connectivity index (χ1) is 11.7. The molecule has 0 radical (unpaired) electrons. The number of unbranched alkanes of at least 4 members (excludes halogenated alkanes) is 1. The second kappa shape index (κ2) is 7.84. The summed E-state index contributed by atoms with van der Waals surface area (Å²) < 4.78 is 6.08. The van der Waals surface area contributed by atoms with Gasteiger partial charge >= 0.3 is 0 Å². The molecule has 0 unspecified atom stereocenters. The van der Waals surface area contributed by atoms with Crippen molar-refractivity contribution < 1.29 is 9.21 Å². The van der Waals surface area contributed by atoms with Crippen molar-refractivity contribution in [1.29, 1.82) is 0 Å². The van der Waals surface area contributed by atoms with Crippen LogP contribution in [0, 0.1) is 5.92 Å². The number of carbonyl (C=O) groups excluding carboxylic acids is 1. The van der Waals surface area contributed by atoms with Crippen molar-refractivity contribution in [3.8, 4) is 0 Å². The molecule has 1 aliphatic rings. The van der Waals surface area contributed by atoms with Crippen LogP contribution >= 0.6 is 0 Å². The minimum Gasteiger partial charge on any atom is -0.461 e. The Morgan fingerprint density at radius 3 is 2.79 bits per heavy atom. The lowest BCUT2D eigenvalue weighted by Crippen LogP contribution is -2.39. The lowest BCUT2D eigenvalue weighted by molar-refractivity contribution is -0.135. The van der Waals surface area contributed by atoms with Crippen LogP contribution in [0.4, 0.5) is 0 Å². The summed E-state index contributed by atoms with van der Waals surface area (Å²) in [7, 11) is 1.93. The molecule has 2 aromatic rings. The topological polar surface area (TPSA) is 45.5 Å². The van der Waals surface area contributed by atoms with Crippen LogP contribution in [0.15, 0.2) is 28.7 Å². The smallest absolute Gasteiger partial charge is 0.225 e. The molecule has 1 amide bonds. The fourth-order valence-electron chi connectivity index (χ4n) is 3.56. The molecule has 1 fully saturated rings. The first-order valence-electron chi connectivity index (χ1n) is 9.15. The Hall–Kier alpha value is -1.81. The fraction of sp³-hybridized carbons (Fsp3) is 0.550. The van der Waals surface area contributed by atoms with Crippen LogP contribution < -0.4 is 5.32 Å². The van der Waals surface area contributed by atoms with Crippen molar-refractivity contribution in [3.63, 3.8) is 0 Å². The first kappa shape index (κ1) is 17.0. The summed E-state index contributed by atoms with van der Waals surface area (Å²) in [5, 5.41) is 4.47. The highest BCUT2D eigenvalue weighted by Crippen LogP contribution is 2.29. The van der Waals surface area contributed by atoms with Crippen molar-refractivity contribution in [2.24, 2.45) is 5.92 Å². The molecule has 1 aromatic carbocycles. The van der Waals surface area contributed by atoms with Crippen molar-refractivity contribution in [2.75, 3.05) is 20.1 Å². The number of furan rings is 1. The number of fused-ring (bicyclic) bond motifs is 1. The molecule has 1 N–H and O–H groups in total. The molecule has 4 nitrogen and oxygen atoms in total. The van der Waals surface area contributed by atoms with Crippen LogP contribution in [0.5, 0.6) is 0 Å². The summed E-state index contributed by atoms with van der Waals surface area (Å²) in [5.74, 6) is 1.47. The third-order valence-electron chi connectivity index (χ3n) is 5.00. The number of nitrogens with one attached hydrogen (secondary N) is 1. The molecule has 1 aliphatic heterocycles. The van der Waals surface area contributed by atoms with Gasteiger partial charge in [0.25, 0.3) is 0 Å². The molecule has 0 saturated carbocycles. The third-order valence-corrected chi connectivity index (χ3v) is 5.00. The molecule has 0 aliphatic carbocycles. The highest BCUT2D eigenvalue weighted by atomic mass is 16.3. The van der Waals surface area contributed by atoms with Gasteiger partial charge < -0.3 is 14.6 Å². The summed E-state index contributed by atoms with van der Waals surface area (Å²) in [6.45, 7) is 4.72. The van der Waals surface area contributed by atoms with E-state index in [0.29, 0.717) is 6.54 Å². The summed E-state index contributed by atoms with van der Waals surface area (Å²) >= 11 is 0. The Bertz CT molecular complexity index is 686. The number of piperidine rings is 1. The van der Waals surface area contributed by atoms with Gasteiger partial charge in [-0.3, -0.25) is 4.79 Å². The normalized spacial score (nSPS) is 15.8. The van der Waals surface area contributed by atoms with Gasteiger partial charge in [0.15, 0.2) is 0 Å². The second-order valence-corrected chi connectivity index (χ2v) is 6.82. The van der Waals surface area contributed by atoms with Crippen molar-refractivity contribution in [2.45, 2.75) is 45.6 Å². The first-order valence-corrected chi connectivity index (χ1v) is 9.15. The van der Waals surface area contributed by atoms with E-state index in [4.69, 9.17) is 4.42 Å². The zero-order valence-corrected chi connectivity index (χ0v) is 14.8. The average Bonchev–Trinajstić information content (AvgIpc) is 2.97. The van der Waals surface area contributed by atoms with Crippen LogP contribution in [-0.2, 0) is 17.8 Å². The van der Waals surface area contributed by atoms with E-state index < -0.39 is 0 Å². The summed E-state index contributed by atoms with van der Waals surface area (Å²) in [5.41, 5.74) is 2.12. The number of amides is 1. The number of carbonyl (C=O) groups is 1. The molecular weight excluding hydrogens is 300 g/mol. The van der Waals surface area contributed by atoms with E-state index in [2.05, 4.69) is 18.3 Å². The Kier molecular flexibility index (Phi) is 5.56. The Labute approximate surface area is 144 Å². The number of nitrogens with zero attached hydrogens (tertiary/aromatic N) is 1. The predicted octanol–water partition coefficient (Wildman–Crippen LogP) is 3.73. The van der Waals surface area contributed by atoms with Gasteiger partial charge in [-0.15, -0.1) is 0 Å². The van der Waals surface area contributed by atoms with Gasteiger partial charge in [0.05, 0.1) is 0 Å². The van der Waals surface area contributed by atoms with E-state index in [1.165, 1.54) is 5.56 Å². The SMILES string of the molecule is CCCCc1oc2ccccc2c1CN(C)C(=O)C1CCNCC1. The number of aryl methyl sites for hydroxylation is 1. The van der Waals surface area contributed by atoms with E-state index in [1.54, 1.807) is 0 Å². The van der Waals surface area contributed by atoms with Crippen LogP contribution in [-0.4, -0.2) is 30.9 Å². The summed E-state index contributed by atoms with van der Waals surface area (Å²) in [6.07, 6.45) is 5.07. The van der Waals surface area contributed by atoms with Gasteiger partial charge in [0.2, 0.25) is 5.91 Å². The third kappa shape index (κ3) is 3.64. The van der Waals surface area contributed by atoms with Crippen molar-refractivity contribution in [3.05, 3.63) is 35.6 Å². The van der Waals surface area contributed by atoms with Gasteiger partial charge in [-0.1, -0.05) is 31.5 Å². The molecule has 4 heteroatoms. The molecule has 24 heavy (non-hydrogen) atoms. The predicted molar refractivity (Wildman–Crippen MR) is 96.9 cm³/mol. The fourth-order valence-corrected chi connectivity index (χ4v) is 3.56. The maximum atomic E-state index is 12.8.